The van der Waals surface area contributed by atoms with Crippen molar-refractivity contribution in [2.24, 2.45) is 11.3 Å². The van der Waals surface area contributed by atoms with Gasteiger partial charge in [0.15, 0.2) is 18.4 Å². The molecule has 194 valence electrons. The summed E-state index contributed by atoms with van der Waals surface area (Å²) in [6.45, 7) is 0.881. The predicted molar refractivity (Wildman–Crippen MR) is 116 cm³/mol. The van der Waals surface area contributed by atoms with Gasteiger partial charge in [-0.3, -0.25) is 0 Å². The normalized spacial score (nSPS) is 46.5. The molecule has 1 aromatic carbocycles. The Morgan fingerprint density at radius 1 is 1.09 bits per heavy atom. The second-order valence-electron chi connectivity index (χ2n) is 10.3. The molecule has 3 saturated heterocycles. The Labute approximate surface area is 202 Å². The molecule has 5 unspecified atom stereocenters. The van der Waals surface area contributed by atoms with Gasteiger partial charge in [0.1, 0.15) is 31.0 Å². The van der Waals surface area contributed by atoms with Crippen molar-refractivity contribution in [3.05, 3.63) is 35.9 Å². The first-order valence-corrected chi connectivity index (χ1v) is 11.8. The molecule has 1 aliphatic carbocycles. The van der Waals surface area contributed by atoms with E-state index in [1.807, 2.05) is 6.92 Å². The molecule has 4 aliphatic rings. The summed E-state index contributed by atoms with van der Waals surface area (Å²) in [6, 6.07) is 8.46. The number of fused-ring (bicyclic) bond motifs is 2. The Bertz CT molecular complexity index is 927. The van der Waals surface area contributed by atoms with Crippen LogP contribution in [0.1, 0.15) is 36.5 Å². The van der Waals surface area contributed by atoms with Crippen LogP contribution in [0, 0.1) is 11.3 Å². The summed E-state index contributed by atoms with van der Waals surface area (Å²) < 4.78 is 29.2. The number of carbonyl (C=O) groups excluding carboxylic acids is 1. The van der Waals surface area contributed by atoms with Gasteiger partial charge in [0, 0.05) is 12.3 Å². The van der Waals surface area contributed by atoms with E-state index in [2.05, 4.69) is 0 Å². The average Bonchev–Trinajstić information content (AvgIpc) is 2.94. The van der Waals surface area contributed by atoms with E-state index in [9.17, 15) is 30.3 Å². The second kappa shape index (κ2) is 9.02. The molecule has 4 fully saturated rings. The van der Waals surface area contributed by atoms with Crippen LogP contribution in [0.5, 0.6) is 0 Å². The van der Waals surface area contributed by atoms with Crippen molar-refractivity contribution in [2.45, 2.75) is 74.6 Å². The fraction of sp³-hybridized carbons (Fsp3) is 0.708. The monoisotopic (exact) mass is 496 g/mol. The van der Waals surface area contributed by atoms with Gasteiger partial charge in [0.2, 0.25) is 0 Å². The highest BCUT2D eigenvalue weighted by Crippen LogP contribution is 2.62. The zero-order chi connectivity index (χ0) is 25.0. The molecule has 3 aliphatic heterocycles. The molecule has 0 amide bonds. The van der Waals surface area contributed by atoms with Crippen molar-refractivity contribution in [3.63, 3.8) is 0 Å². The molecule has 5 N–H and O–H groups in total. The highest BCUT2D eigenvalue weighted by atomic mass is 16.8. The lowest BCUT2D eigenvalue weighted by Gasteiger charge is -2.46. The summed E-state index contributed by atoms with van der Waals surface area (Å²) in [7, 11) is 0. The molecule has 11 nitrogen and oxygen atoms in total. The molecule has 11 heteroatoms. The van der Waals surface area contributed by atoms with Gasteiger partial charge in [-0.05, 0) is 31.9 Å². The topological polar surface area (TPSA) is 164 Å². The van der Waals surface area contributed by atoms with E-state index in [4.69, 9.17) is 23.7 Å². The summed E-state index contributed by atoms with van der Waals surface area (Å²) in [5.74, 6) is -2.58. The summed E-state index contributed by atoms with van der Waals surface area (Å²) in [6.07, 6.45) is -6.80. The van der Waals surface area contributed by atoms with Crippen LogP contribution in [0.25, 0.3) is 0 Å². The SMILES string of the molecule is C[C@]12CCC3[C@@](COC(=O)c4ccccc4)(CO[C@@H]4OC(CO)C(O)[C@H](O)C4O)C(O1)O[C@]3(O)C2. The van der Waals surface area contributed by atoms with Crippen LogP contribution in [0.3, 0.4) is 0 Å². The number of hydrogen-bond acceptors (Lipinski definition) is 11. The van der Waals surface area contributed by atoms with Crippen LogP contribution in [-0.2, 0) is 23.7 Å². The van der Waals surface area contributed by atoms with Crippen molar-refractivity contribution in [1.29, 1.82) is 0 Å². The maximum Gasteiger partial charge on any atom is 0.338 e. The highest BCUT2D eigenvalue weighted by Gasteiger charge is 2.72. The number of rotatable bonds is 7. The number of hydrogen-bond donors (Lipinski definition) is 5. The molecule has 5 rings (SSSR count). The zero-order valence-electron chi connectivity index (χ0n) is 19.4. The average molecular weight is 497 g/mol. The van der Waals surface area contributed by atoms with Crippen molar-refractivity contribution < 1.29 is 54.0 Å². The summed E-state index contributed by atoms with van der Waals surface area (Å²) in [4.78, 5) is 12.7. The largest absolute Gasteiger partial charge is 0.461 e. The molecular formula is C24H32O11. The first kappa shape index (κ1) is 25.0. The molecule has 3 bridgehead atoms. The number of esters is 1. The van der Waals surface area contributed by atoms with Crippen LogP contribution in [0.15, 0.2) is 30.3 Å². The maximum atomic E-state index is 12.7. The first-order chi connectivity index (χ1) is 16.6. The molecule has 0 aromatic heterocycles. The van der Waals surface area contributed by atoms with Crippen molar-refractivity contribution in [2.75, 3.05) is 19.8 Å². The summed E-state index contributed by atoms with van der Waals surface area (Å²) >= 11 is 0. The highest BCUT2D eigenvalue weighted by molar-refractivity contribution is 5.89. The minimum absolute atomic E-state index is 0.203. The van der Waals surface area contributed by atoms with Crippen LogP contribution in [0.4, 0.5) is 0 Å². The number of benzene rings is 1. The van der Waals surface area contributed by atoms with Gasteiger partial charge in [0.25, 0.3) is 0 Å². The van der Waals surface area contributed by atoms with Crippen molar-refractivity contribution in [3.8, 4) is 0 Å². The van der Waals surface area contributed by atoms with Crippen molar-refractivity contribution in [1.82, 2.24) is 0 Å². The zero-order valence-corrected chi connectivity index (χ0v) is 19.4. The summed E-state index contributed by atoms with van der Waals surface area (Å²) in [5, 5.41) is 51.4. The Kier molecular flexibility index (Phi) is 6.44. The minimum atomic E-state index is -1.60. The lowest BCUT2D eigenvalue weighted by atomic mass is 9.66. The molecule has 1 saturated carbocycles. The van der Waals surface area contributed by atoms with Gasteiger partial charge >= 0.3 is 5.97 Å². The van der Waals surface area contributed by atoms with E-state index in [1.165, 1.54) is 0 Å². The van der Waals surface area contributed by atoms with Gasteiger partial charge < -0.3 is 49.2 Å². The van der Waals surface area contributed by atoms with Crippen LogP contribution in [0.2, 0.25) is 0 Å². The maximum absolute atomic E-state index is 12.7. The van der Waals surface area contributed by atoms with Crippen LogP contribution < -0.4 is 0 Å². The molecule has 1 aromatic rings. The van der Waals surface area contributed by atoms with Gasteiger partial charge in [-0.1, -0.05) is 18.2 Å². The lowest BCUT2D eigenvalue weighted by molar-refractivity contribution is -0.363. The Morgan fingerprint density at radius 2 is 1.83 bits per heavy atom. The Hall–Kier alpha value is -1.67. The standard InChI is InChI=1S/C24H32O11/c1-22-8-7-15-23(21(34-22)35-24(15,30)10-22,11-31-19(29)13-5-3-2-4-6-13)12-32-20-18(28)17(27)16(26)14(9-25)33-20/h2-6,14-18,20-21,25-28,30H,7-12H2,1H3/t14?,15?,16?,17-,18?,20+,21?,22+,23+,24+/m0/s1. The fourth-order valence-corrected chi connectivity index (χ4v) is 5.93. The molecule has 35 heavy (non-hydrogen) atoms. The fourth-order valence-electron chi connectivity index (χ4n) is 5.93. The second-order valence-corrected chi connectivity index (χ2v) is 10.3. The van der Waals surface area contributed by atoms with Crippen LogP contribution in [-0.4, -0.2) is 99.7 Å². The van der Waals surface area contributed by atoms with Gasteiger partial charge in [0.05, 0.1) is 29.8 Å². The van der Waals surface area contributed by atoms with E-state index >= 15 is 0 Å². The third kappa shape index (κ3) is 4.18. The number of aliphatic hydroxyl groups excluding tert-OH is 4. The van der Waals surface area contributed by atoms with Gasteiger partial charge in [-0.25, -0.2) is 4.79 Å². The van der Waals surface area contributed by atoms with Gasteiger partial charge in [-0.2, -0.15) is 0 Å². The smallest absolute Gasteiger partial charge is 0.338 e. The van der Waals surface area contributed by atoms with E-state index in [1.54, 1.807) is 30.3 Å². The molecular weight excluding hydrogens is 464 g/mol. The van der Waals surface area contributed by atoms with E-state index in [0.717, 1.165) is 0 Å². The van der Waals surface area contributed by atoms with Gasteiger partial charge in [-0.15, -0.1) is 0 Å². The van der Waals surface area contributed by atoms with E-state index in [0.29, 0.717) is 18.4 Å². The third-order valence-corrected chi connectivity index (χ3v) is 7.85. The van der Waals surface area contributed by atoms with E-state index < -0.39 is 72.3 Å². The molecule has 0 spiro atoms. The Balaban J connectivity index is 1.40. The van der Waals surface area contributed by atoms with E-state index in [-0.39, 0.29) is 19.6 Å². The quantitative estimate of drug-likeness (QED) is 0.303. The first-order valence-electron chi connectivity index (χ1n) is 11.8. The number of carbonyl (C=O) groups is 1. The van der Waals surface area contributed by atoms with Crippen molar-refractivity contribution >= 4 is 5.97 Å². The molecule has 10 atom stereocenters. The summed E-state index contributed by atoms with van der Waals surface area (Å²) in [5.41, 5.74) is -1.41. The lowest BCUT2D eigenvalue weighted by Crippen LogP contribution is -2.60. The number of ether oxygens (including phenoxy) is 5. The number of aliphatic hydroxyl groups is 5. The molecule has 0 radical (unpaired) electrons. The Morgan fingerprint density at radius 3 is 2.54 bits per heavy atom. The molecule has 3 heterocycles. The third-order valence-electron chi connectivity index (χ3n) is 7.85. The predicted octanol–water partition coefficient (Wildman–Crippen LogP) is -0.720. The minimum Gasteiger partial charge on any atom is -0.461 e. The van der Waals surface area contributed by atoms with Crippen LogP contribution >= 0.6 is 0 Å².